The minimum Gasteiger partial charge on any atom is -0.474 e. The maximum Gasteiger partial charge on any atom is 0.263 e. The van der Waals surface area contributed by atoms with E-state index in [-0.39, 0.29) is 16.8 Å². The molecule has 0 saturated heterocycles. The Labute approximate surface area is 144 Å². The highest BCUT2D eigenvalue weighted by molar-refractivity contribution is 9.10. The van der Waals surface area contributed by atoms with Crippen LogP contribution < -0.4 is 9.46 Å². The highest BCUT2D eigenvalue weighted by Crippen LogP contribution is 2.26. The number of hydrogen-bond donors (Lipinski definition) is 1. The summed E-state index contributed by atoms with van der Waals surface area (Å²) in [6.45, 7) is 7.24. The summed E-state index contributed by atoms with van der Waals surface area (Å²) in [5.41, 5.74) is 1.30. The zero-order chi connectivity index (χ0) is 17.2. The van der Waals surface area contributed by atoms with Crippen molar-refractivity contribution in [3.8, 4) is 5.88 Å². The Morgan fingerprint density at radius 2 is 1.74 bits per heavy atom. The molecule has 2 rings (SSSR count). The van der Waals surface area contributed by atoms with Gasteiger partial charge in [-0.1, -0.05) is 15.9 Å². The monoisotopic (exact) mass is 399 g/mol. The molecule has 0 fully saturated rings. The van der Waals surface area contributed by atoms with Crippen molar-refractivity contribution in [1.29, 1.82) is 0 Å². The number of halogens is 1. The Bertz CT molecular complexity index is 782. The van der Waals surface area contributed by atoms with Crippen LogP contribution in [0, 0.1) is 13.8 Å². The molecule has 1 heterocycles. The van der Waals surface area contributed by atoms with Gasteiger partial charge in [-0.05, 0) is 57.0 Å². The van der Waals surface area contributed by atoms with Crippen LogP contribution in [0.3, 0.4) is 0 Å². The molecule has 124 valence electrons. The first-order valence-electron chi connectivity index (χ1n) is 6.99. The molecule has 1 aromatic carbocycles. The summed E-state index contributed by atoms with van der Waals surface area (Å²) in [6, 6.07) is 6.61. The number of aryl methyl sites for hydroxylation is 2. The lowest BCUT2D eigenvalue weighted by atomic mass is 10.2. The van der Waals surface area contributed by atoms with Crippen molar-refractivity contribution in [1.82, 2.24) is 10.2 Å². The number of nitrogens with zero attached hydrogens (tertiary/aromatic N) is 2. The molecule has 0 atom stereocenters. The minimum atomic E-state index is -3.74. The van der Waals surface area contributed by atoms with Crippen LogP contribution >= 0.6 is 15.9 Å². The number of sulfonamides is 1. The van der Waals surface area contributed by atoms with Gasteiger partial charge in [0.25, 0.3) is 10.0 Å². The summed E-state index contributed by atoms with van der Waals surface area (Å²) in [5.74, 6) is 0.488. The van der Waals surface area contributed by atoms with Crippen LogP contribution in [0.4, 0.5) is 5.82 Å². The van der Waals surface area contributed by atoms with Gasteiger partial charge in [-0.25, -0.2) is 8.42 Å². The third-order valence-corrected chi connectivity index (χ3v) is 5.05. The molecule has 1 aromatic heterocycles. The number of anilines is 1. The average Bonchev–Trinajstić information content (AvgIpc) is 2.38. The number of nitrogens with one attached hydrogen (secondary N) is 1. The molecule has 0 unspecified atom stereocenters. The van der Waals surface area contributed by atoms with E-state index in [1.165, 1.54) is 6.07 Å². The van der Waals surface area contributed by atoms with Gasteiger partial charge in [0.1, 0.15) is 0 Å². The van der Waals surface area contributed by atoms with Gasteiger partial charge in [0.15, 0.2) is 5.82 Å². The minimum absolute atomic E-state index is 0.0279. The molecule has 6 nitrogen and oxygen atoms in total. The fraction of sp³-hybridized carbons (Fsp3) is 0.333. The number of aromatic nitrogens is 2. The van der Waals surface area contributed by atoms with Gasteiger partial charge in [0.2, 0.25) is 5.88 Å². The van der Waals surface area contributed by atoms with E-state index in [0.717, 1.165) is 4.47 Å². The lowest BCUT2D eigenvalue weighted by molar-refractivity contribution is 0.230. The van der Waals surface area contributed by atoms with E-state index in [4.69, 9.17) is 4.74 Å². The number of rotatable bonds is 5. The number of benzene rings is 1. The van der Waals surface area contributed by atoms with E-state index in [1.54, 1.807) is 32.0 Å². The number of ether oxygens (including phenoxy) is 1. The van der Waals surface area contributed by atoms with E-state index in [0.29, 0.717) is 17.0 Å². The molecule has 0 aliphatic rings. The quantitative estimate of drug-likeness (QED) is 0.832. The van der Waals surface area contributed by atoms with Crippen LogP contribution in [0.15, 0.2) is 33.6 Å². The topological polar surface area (TPSA) is 81.2 Å². The zero-order valence-electron chi connectivity index (χ0n) is 13.3. The van der Waals surface area contributed by atoms with Gasteiger partial charge in [0.05, 0.1) is 11.0 Å². The van der Waals surface area contributed by atoms with Crippen molar-refractivity contribution in [2.24, 2.45) is 0 Å². The number of hydrogen-bond acceptors (Lipinski definition) is 5. The smallest absolute Gasteiger partial charge is 0.263 e. The maximum atomic E-state index is 12.6. The van der Waals surface area contributed by atoms with Crippen molar-refractivity contribution >= 4 is 31.8 Å². The zero-order valence-corrected chi connectivity index (χ0v) is 15.7. The molecule has 0 aliphatic heterocycles. The van der Waals surface area contributed by atoms with Crippen LogP contribution in [0.2, 0.25) is 0 Å². The fourth-order valence-corrected chi connectivity index (χ4v) is 4.33. The van der Waals surface area contributed by atoms with Crippen molar-refractivity contribution in [2.45, 2.75) is 38.7 Å². The van der Waals surface area contributed by atoms with Crippen LogP contribution in [0.25, 0.3) is 0 Å². The van der Waals surface area contributed by atoms with E-state index in [2.05, 4.69) is 30.8 Å². The predicted octanol–water partition coefficient (Wildman–Crippen LogP) is 3.44. The average molecular weight is 400 g/mol. The van der Waals surface area contributed by atoms with Gasteiger partial charge in [-0.15, -0.1) is 10.2 Å². The lowest BCUT2D eigenvalue weighted by Crippen LogP contribution is -2.17. The standard InChI is InChI=1S/C15H18BrN3O3S/c1-9(2)22-14-6-5-13(17-18-14)19-23(20,21)15-10(3)7-12(16)8-11(15)4/h5-9H,1-4H3,(H,17,19). The predicted molar refractivity (Wildman–Crippen MR) is 92.2 cm³/mol. The summed E-state index contributed by atoms with van der Waals surface area (Å²) in [4.78, 5) is 0.241. The third kappa shape index (κ3) is 4.42. The van der Waals surface area contributed by atoms with Crippen molar-refractivity contribution < 1.29 is 13.2 Å². The molecule has 23 heavy (non-hydrogen) atoms. The Morgan fingerprint density at radius 3 is 2.22 bits per heavy atom. The highest BCUT2D eigenvalue weighted by Gasteiger charge is 2.21. The van der Waals surface area contributed by atoms with Gasteiger partial charge in [-0.3, -0.25) is 4.72 Å². The van der Waals surface area contributed by atoms with Gasteiger partial charge >= 0.3 is 0 Å². The molecular formula is C15H18BrN3O3S. The molecule has 1 N–H and O–H groups in total. The summed E-state index contributed by atoms with van der Waals surface area (Å²) in [7, 11) is -3.74. The fourth-order valence-electron chi connectivity index (χ4n) is 2.19. The van der Waals surface area contributed by atoms with Gasteiger partial charge in [-0.2, -0.15) is 0 Å². The summed E-state index contributed by atoms with van der Waals surface area (Å²) >= 11 is 3.36. The van der Waals surface area contributed by atoms with E-state index in [9.17, 15) is 8.42 Å². The van der Waals surface area contributed by atoms with Crippen molar-refractivity contribution in [3.05, 3.63) is 39.9 Å². The van der Waals surface area contributed by atoms with Crippen LogP contribution in [0.1, 0.15) is 25.0 Å². The SMILES string of the molecule is Cc1cc(Br)cc(C)c1S(=O)(=O)Nc1ccc(OC(C)C)nn1. The Hall–Kier alpha value is -1.67. The first-order valence-corrected chi connectivity index (χ1v) is 9.26. The summed E-state index contributed by atoms with van der Waals surface area (Å²) in [5, 5.41) is 7.69. The molecule has 0 saturated carbocycles. The van der Waals surface area contributed by atoms with Crippen LogP contribution in [0.5, 0.6) is 5.88 Å². The Morgan fingerprint density at radius 1 is 1.13 bits per heavy atom. The lowest BCUT2D eigenvalue weighted by Gasteiger charge is -2.13. The third-order valence-electron chi connectivity index (χ3n) is 2.93. The second-order valence-corrected chi connectivity index (χ2v) is 7.93. The first-order chi connectivity index (χ1) is 10.7. The molecule has 2 aromatic rings. The first kappa shape index (κ1) is 17.7. The summed E-state index contributed by atoms with van der Waals surface area (Å²) in [6.07, 6.45) is -0.0279. The largest absolute Gasteiger partial charge is 0.474 e. The summed E-state index contributed by atoms with van der Waals surface area (Å²) < 4.78 is 33.8. The molecule has 0 aliphatic carbocycles. The second-order valence-electron chi connectivity index (χ2n) is 5.40. The molecule has 8 heteroatoms. The van der Waals surface area contributed by atoms with Crippen LogP contribution in [-0.2, 0) is 10.0 Å². The maximum absolute atomic E-state index is 12.6. The Kier molecular flexibility index (Phi) is 5.26. The van der Waals surface area contributed by atoms with Crippen molar-refractivity contribution in [2.75, 3.05) is 4.72 Å². The molecule has 0 radical (unpaired) electrons. The second kappa shape index (κ2) is 6.84. The Balaban J connectivity index is 2.28. The van der Waals surface area contributed by atoms with Gasteiger partial charge < -0.3 is 4.74 Å². The van der Waals surface area contributed by atoms with E-state index >= 15 is 0 Å². The van der Waals surface area contributed by atoms with Gasteiger partial charge in [0, 0.05) is 10.5 Å². The molecule has 0 amide bonds. The molecule has 0 bridgehead atoms. The van der Waals surface area contributed by atoms with E-state index in [1.807, 2.05) is 13.8 Å². The normalized spacial score (nSPS) is 11.6. The molecular weight excluding hydrogens is 382 g/mol. The van der Waals surface area contributed by atoms with E-state index < -0.39 is 10.0 Å². The van der Waals surface area contributed by atoms with Crippen molar-refractivity contribution in [3.63, 3.8) is 0 Å². The van der Waals surface area contributed by atoms with Crippen LogP contribution in [-0.4, -0.2) is 24.7 Å². The molecule has 0 spiro atoms. The highest BCUT2D eigenvalue weighted by atomic mass is 79.9.